The lowest BCUT2D eigenvalue weighted by atomic mass is 10.0. The molecular formula is C12H14ClN3O. The molecule has 2 fully saturated rings. The van der Waals surface area contributed by atoms with Gasteiger partial charge in [0.25, 0.3) is 5.91 Å². The molecule has 90 valence electrons. The first-order chi connectivity index (χ1) is 8.24. The van der Waals surface area contributed by atoms with Gasteiger partial charge in [0.2, 0.25) is 0 Å². The molecule has 2 aliphatic rings. The number of carbonyl (C=O) groups excluding carboxylic acids is 1. The van der Waals surface area contributed by atoms with E-state index < -0.39 is 0 Å². The number of nitrogens with zero attached hydrogens (tertiary/aromatic N) is 3. The molecule has 1 aromatic heterocycles. The molecule has 1 amide bonds. The van der Waals surface area contributed by atoms with Crippen LogP contribution in [0.15, 0.2) is 12.4 Å². The van der Waals surface area contributed by atoms with Crippen LogP contribution in [0.3, 0.4) is 0 Å². The van der Waals surface area contributed by atoms with Crippen LogP contribution in [-0.2, 0) is 0 Å². The van der Waals surface area contributed by atoms with Crippen LogP contribution < -0.4 is 0 Å². The number of carbonyl (C=O) groups is 1. The van der Waals surface area contributed by atoms with E-state index >= 15 is 0 Å². The zero-order valence-corrected chi connectivity index (χ0v) is 10.2. The van der Waals surface area contributed by atoms with Crippen molar-refractivity contribution in [2.75, 3.05) is 13.1 Å². The fourth-order valence-electron chi connectivity index (χ4n) is 3.01. The fraction of sp³-hybridized carbons (Fsp3) is 0.583. The Labute approximate surface area is 105 Å². The van der Waals surface area contributed by atoms with Crippen LogP contribution in [0, 0.1) is 11.8 Å². The fourth-order valence-corrected chi connectivity index (χ4v) is 3.16. The maximum Gasteiger partial charge on any atom is 0.274 e. The van der Waals surface area contributed by atoms with E-state index in [1.165, 1.54) is 31.7 Å². The van der Waals surface area contributed by atoms with E-state index in [1.807, 2.05) is 4.90 Å². The van der Waals surface area contributed by atoms with Crippen molar-refractivity contribution in [3.05, 3.63) is 23.2 Å². The monoisotopic (exact) mass is 251 g/mol. The van der Waals surface area contributed by atoms with E-state index in [2.05, 4.69) is 9.97 Å². The average molecular weight is 252 g/mol. The van der Waals surface area contributed by atoms with Crippen LogP contribution >= 0.6 is 11.6 Å². The molecule has 2 heterocycles. The number of rotatable bonds is 1. The van der Waals surface area contributed by atoms with Crippen LogP contribution in [0.2, 0.25) is 5.15 Å². The minimum atomic E-state index is -0.0330. The van der Waals surface area contributed by atoms with Gasteiger partial charge in [-0.3, -0.25) is 9.78 Å². The topological polar surface area (TPSA) is 46.1 Å². The smallest absolute Gasteiger partial charge is 0.274 e. The van der Waals surface area contributed by atoms with E-state index in [9.17, 15) is 4.79 Å². The van der Waals surface area contributed by atoms with Crippen LogP contribution in [0.25, 0.3) is 0 Å². The molecule has 0 spiro atoms. The Hall–Kier alpha value is -1.16. The Morgan fingerprint density at radius 2 is 2.00 bits per heavy atom. The minimum absolute atomic E-state index is 0.0330. The van der Waals surface area contributed by atoms with Crippen molar-refractivity contribution in [3.8, 4) is 0 Å². The van der Waals surface area contributed by atoms with Gasteiger partial charge in [-0.05, 0) is 24.7 Å². The molecular weight excluding hydrogens is 238 g/mol. The highest BCUT2D eigenvalue weighted by molar-refractivity contribution is 6.29. The van der Waals surface area contributed by atoms with Gasteiger partial charge in [0.15, 0.2) is 0 Å². The van der Waals surface area contributed by atoms with E-state index in [0.717, 1.165) is 13.1 Å². The highest BCUT2D eigenvalue weighted by atomic mass is 35.5. The third kappa shape index (κ3) is 2.02. The number of fused-ring (bicyclic) bond motifs is 1. The second-order valence-corrected chi connectivity index (χ2v) is 5.28. The van der Waals surface area contributed by atoms with E-state index in [0.29, 0.717) is 17.5 Å². The summed E-state index contributed by atoms with van der Waals surface area (Å²) in [6, 6.07) is 0. The third-order valence-corrected chi connectivity index (χ3v) is 4.02. The van der Waals surface area contributed by atoms with Gasteiger partial charge >= 0.3 is 0 Å². The molecule has 1 saturated carbocycles. The van der Waals surface area contributed by atoms with Crippen LogP contribution in [0.1, 0.15) is 29.8 Å². The van der Waals surface area contributed by atoms with Crippen molar-refractivity contribution in [1.29, 1.82) is 0 Å². The number of hydrogen-bond acceptors (Lipinski definition) is 3. The maximum absolute atomic E-state index is 12.2. The van der Waals surface area contributed by atoms with E-state index in [4.69, 9.17) is 11.6 Å². The summed E-state index contributed by atoms with van der Waals surface area (Å²) in [4.78, 5) is 22.0. The molecule has 2 atom stereocenters. The van der Waals surface area contributed by atoms with Gasteiger partial charge < -0.3 is 4.90 Å². The number of likely N-dealkylation sites (tertiary alicyclic amines) is 1. The van der Waals surface area contributed by atoms with Crippen molar-refractivity contribution in [2.24, 2.45) is 11.8 Å². The van der Waals surface area contributed by atoms with Gasteiger partial charge in [-0.15, -0.1) is 0 Å². The highest BCUT2D eigenvalue weighted by Gasteiger charge is 2.38. The molecule has 5 heteroatoms. The van der Waals surface area contributed by atoms with Gasteiger partial charge in [-0.2, -0.15) is 0 Å². The van der Waals surface area contributed by atoms with Gasteiger partial charge in [0, 0.05) is 13.1 Å². The van der Waals surface area contributed by atoms with Crippen LogP contribution in [-0.4, -0.2) is 33.9 Å². The molecule has 1 saturated heterocycles. The zero-order valence-electron chi connectivity index (χ0n) is 9.47. The number of amides is 1. The molecule has 17 heavy (non-hydrogen) atoms. The molecule has 1 aliphatic heterocycles. The largest absolute Gasteiger partial charge is 0.337 e. The first-order valence-corrected chi connectivity index (χ1v) is 6.38. The van der Waals surface area contributed by atoms with Crippen molar-refractivity contribution in [2.45, 2.75) is 19.3 Å². The SMILES string of the molecule is O=C(c1cncc(Cl)n1)N1CC2CCCC2C1. The maximum atomic E-state index is 12.2. The number of aromatic nitrogens is 2. The summed E-state index contributed by atoms with van der Waals surface area (Å²) in [6.45, 7) is 1.75. The second kappa shape index (κ2) is 4.26. The van der Waals surface area contributed by atoms with Gasteiger partial charge in [-0.25, -0.2) is 4.98 Å². The van der Waals surface area contributed by atoms with Gasteiger partial charge in [0.1, 0.15) is 10.8 Å². The summed E-state index contributed by atoms with van der Waals surface area (Å²) >= 11 is 5.75. The second-order valence-electron chi connectivity index (χ2n) is 4.89. The van der Waals surface area contributed by atoms with Gasteiger partial charge in [-0.1, -0.05) is 18.0 Å². The first-order valence-electron chi connectivity index (χ1n) is 6.01. The highest BCUT2D eigenvalue weighted by Crippen LogP contribution is 2.37. The normalized spacial score (nSPS) is 27.2. The van der Waals surface area contributed by atoms with Crippen LogP contribution in [0.5, 0.6) is 0 Å². The number of hydrogen-bond donors (Lipinski definition) is 0. The Morgan fingerprint density at radius 3 is 2.65 bits per heavy atom. The summed E-state index contributed by atoms with van der Waals surface area (Å²) in [7, 11) is 0. The third-order valence-electron chi connectivity index (χ3n) is 3.84. The van der Waals surface area contributed by atoms with E-state index in [-0.39, 0.29) is 11.1 Å². The summed E-state index contributed by atoms with van der Waals surface area (Å²) in [6.07, 6.45) is 6.76. The quantitative estimate of drug-likeness (QED) is 0.767. The zero-order chi connectivity index (χ0) is 11.8. The number of halogens is 1. The van der Waals surface area contributed by atoms with Gasteiger partial charge in [0.05, 0.1) is 12.4 Å². The lowest BCUT2D eigenvalue weighted by Gasteiger charge is -2.16. The molecule has 0 bridgehead atoms. The molecule has 0 aromatic carbocycles. The lowest BCUT2D eigenvalue weighted by Crippen LogP contribution is -2.30. The van der Waals surface area contributed by atoms with Crippen molar-refractivity contribution < 1.29 is 4.79 Å². The Bertz CT molecular complexity index is 439. The van der Waals surface area contributed by atoms with Crippen LogP contribution in [0.4, 0.5) is 0 Å². The molecule has 3 rings (SSSR count). The predicted octanol–water partition coefficient (Wildman–Crippen LogP) is 2.00. The van der Waals surface area contributed by atoms with Crippen molar-refractivity contribution >= 4 is 17.5 Å². The Morgan fingerprint density at radius 1 is 1.29 bits per heavy atom. The van der Waals surface area contributed by atoms with Crippen molar-refractivity contribution in [1.82, 2.24) is 14.9 Å². The molecule has 0 radical (unpaired) electrons. The average Bonchev–Trinajstić information content (AvgIpc) is 2.88. The summed E-state index contributed by atoms with van der Waals surface area (Å²) in [5.41, 5.74) is 0.359. The lowest BCUT2D eigenvalue weighted by molar-refractivity contribution is 0.0774. The van der Waals surface area contributed by atoms with E-state index in [1.54, 1.807) is 0 Å². The molecule has 4 nitrogen and oxygen atoms in total. The summed E-state index contributed by atoms with van der Waals surface area (Å²) in [5, 5.41) is 0.273. The molecule has 2 unspecified atom stereocenters. The minimum Gasteiger partial charge on any atom is -0.337 e. The standard InChI is InChI=1S/C12H14ClN3O/c13-11-5-14-4-10(15-11)12(17)16-6-8-2-1-3-9(8)7-16/h4-5,8-9H,1-3,6-7H2. The Kier molecular flexibility index (Phi) is 2.74. The summed E-state index contributed by atoms with van der Waals surface area (Å²) < 4.78 is 0. The summed E-state index contributed by atoms with van der Waals surface area (Å²) in [5.74, 6) is 1.37. The predicted molar refractivity (Wildman–Crippen MR) is 63.8 cm³/mol. The Balaban J connectivity index is 1.75. The van der Waals surface area contributed by atoms with Crippen molar-refractivity contribution in [3.63, 3.8) is 0 Å². The first kappa shape index (κ1) is 11.0. The molecule has 1 aromatic rings. The molecule has 0 N–H and O–H groups in total. The molecule has 1 aliphatic carbocycles.